The van der Waals surface area contributed by atoms with Crippen LogP contribution in [0.4, 0.5) is 8.78 Å². The number of phenols is 1. The molecule has 8 nitrogen and oxygen atoms in total. The van der Waals surface area contributed by atoms with Gasteiger partial charge in [-0.1, -0.05) is 76.2 Å². The van der Waals surface area contributed by atoms with Gasteiger partial charge in [-0.25, -0.2) is 8.78 Å². The fourth-order valence-corrected chi connectivity index (χ4v) is 13.8. The number of carboxylic acid groups (broad SMARTS) is 1. The van der Waals surface area contributed by atoms with E-state index in [1.165, 1.54) is 47.1 Å². The summed E-state index contributed by atoms with van der Waals surface area (Å²) in [6, 6.07) is 33.6. The van der Waals surface area contributed by atoms with Crippen LogP contribution in [0.2, 0.25) is 0 Å². The Morgan fingerprint density at radius 1 is 0.605 bits per heavy atom. The lowest BCUT2D eigenvalue weighted by Gasteiger charge is -2.27. The number of methoxy groups -OCH3 is 3. The number of aromatic hydroxyl groups is 1. The van der Waals surface area contributed by atoms with Gasteiger partial charge in [0.25, 0.3) is 0 Å². The van der Waals surface area contributed by atoms with E-state index in [9.17, 15) is 24.2 Å². The molecular weight excluding hydrogens is 1040 g/mol. The molecule has 0 aromatic heterocycles. The van der Waals surface area contributed by atoms with E-state index in [4.69, 9.17) is 33.5 Å². The Kier molecular flexibility index (Phi) is 16.7. The normalized spacial score (nSPS) is 22.1. The van der Waals surface area contributed by atoms with Gasteiger partial charge >= 0.3 is 11.9 Å². The molecule has 2 spiro atoms. The number of allylic oxidation sites excluding steroid dienone is 4. The van der Waals surface area contributed by atoms with Crippen LogP contribution < -0.4 is 14.2 Å². The van der Waals surface area contributed by atoms with E-state index >= 15 is 4.39 Å². The maximum Gasteiger partial charge on any atom is 0.309 e. The van der Waals surface area contributed by atoms with Crippen molar-refractivity contribution in [3.8, 4) is 45.3 Å². The van der Waals surface area contributed by atoms with E-state index in [2.05, 4.69) is 64.1 Å². The quantitative estimate of drug-likeness (QED) is 0.0708. The van der Waals surface area contributed by atoms with Crippen molar-refractivity contribution in [2.45, 2.75) is 128 Å². The van der Waals surface area contributed by atoms with E-state index in [1.807, 2.05) is 42.5 Å². The molecule has 81 heavy (non-hydrogen) atoms. The molecule has 0 aliphatic heterocycles. The number of carboxylic acids is 1. The molecule has 423 valence electrons. The van der Waals surface area contributed by atoms with Gasteiger partial charge in [-0.2, -0.15) is 0 Å². The number of benzene rings is 6. The zero-order chi connectivity index (χ0) is 58.7. The monoisotopic (exact) mass is 1120 g/mol. The number of hydrogen-bond acceptors (Lipinski definition) is 7. The Morgan fingerprint density at radius 2 is 1.10 bits per heavy atom. The van der Waals surface area contributed by atoms with E-state index in [-0.39, 0.29) is 59.5 Å². The Hall–Kier alpha value is -6.85. The third kappa shape index (κ3) is 11.7. The second-order valence-electron chi connectivity index (χ2n) is 24.0. The SMILES string of the molecule is COC(=O)[C@H]1C[C@@]12CCCc1ccc(O)cc12.COc1ccc(F)c(-c2ccc(CCl)cc2C2=CCCC2(C)C)c1.COc1ccc(F)c(-c2ccc(COc3ccc4c(c3)[C@@]3(CCC4)C[C@@H]3C(=O)O)cc2C2=CCCC2(C)C)c1.[3H][3H].[B]. The molecule has 0 bridgehead atoms. The summed E-state index contributed by atoms with van der Waals surface area (Å²) in [5.41, 5.74) is 14.1. The second-order valence-corrected chi connectivity index (χ2v) is 24.3. The van der Waals surface area contributed by atoms with Gasteiger partial charge in [0.05, 0.1) is 33.2 Å². The lowest BCUT2D eigenvalue weighted by Crippen LogP contribution is -2.21. The lowest BCUT2D eigenvalue weighted by atomic mass is 9.78. The fourth-order valence-electron chi connectivity index (χ4n) is 13.6. The van der Waals surface area contributed by atoms with Crippen LogP contribution in [0.15, 0.2) is 121 Å². The fraction of sp³-hybridized carbons (Fsp3) is 0.391. The third-order valence-corrected chi connectivity index (χ3v) is 18.6. The van der Waals surface area contributed by atoms with Crippen LogP contribution in [0.25, 0.3) is 33.4 Å². The molecule has 12 rings (SSSR count). The highest BCUT2D eigenvalue weighted by Crippen LogP contribution is 2.62. The van der Waals surface area contributed by atoms with E-state index in [0.29, 0.717) is 40.9 Å². The number of halogens is 3. The van der Waals surface area contributed by atoms with Gasteiger partial charge < -0.3 is 29.2 Å². The molecule has 12 heteroatoms. The summed E-state index contributed by atoms with van der Waals surface area (Å²) in [5.74, 6) is 1.15. The number of fused-ring (bicyclic) bond motifs is 4. The molecule has 6 aromatic carbocycles. The van der Waals surface area contributed by atoms with Crippen molar-refractivity contribution < 1.29 is 50.5 Å². The Balaban J connectivity index is 0.000000174. The number of ether oxygens (including phenoxy) is 4. The number of alkyl halides is 1. The number of phenolic OH excluding ortho intramolecular Hbond substituents is 1. The molecule has 6 aliphatic rings. The Bertz CT molecular complexity index is 3450. The van der Waals surface area contributed by atoms with Crippen LogP contribution in [0.5, 0.6) is 23.0 Å². The number of esters is 1. The van der Waals surface area contributed by atoms with Gasteiger partial charge in [0.1, 0.15) is 41.2 Å². The maximum absolute atomic E-state index is 15.1. The van der Waals surface area contributed by atoms with Crippen LogP contribution in [0.3, 0.4) is 0 Å². The van der Waals surface area contributed by atoms with Gasteiger partial charge in [0.15, 0.2) is 0 Å². The smallest absolute Gasteiger partial charge is 0.309 e. The minimum atomic E-state index is -0.696. The summed E-state index contributed by atoms with van der Waals surface area (Å²) >= 11 is 6.04. The molecule has 0 unspecified atom stereocenters. The first kappa shape index (κ1) is 57.4. The van der Waals surface area contributed by atoms with Crippen molar-refractivity contribution in [3.05, 3.63) is 177 Å². The van der Waals surface area contributed by atoms with Crippen molar-refractivity contribution in [2.75, 3.05) is 21.3 Å². The number of aliphatic carboxylic acids is 1. The maximum atomic E-state index is 15.1. The summed E-state index contributed by atoms with van der Waals surface area (Å²) in [5, 5.41) is 19.3. The van der Waals surface area contributed by atoms with E-state index in [0.717, 1.165) is 122 Å². The zero-order valence-corrected chi connectivity index (χ0v) is 48.4. The highest BCUT2D eigenvalue weighted by atomic mass is 35.5. The molecule has 2 saturated carbocycles. The molecule has 0 saturated heterocycles. The average Bonchev–Trinajstić information content (AvgIpc) is 2.58. The van der Waals surface area contributed by atoms with Crippen molar-refractivity contribution in [1.82, 2.24) is 0 Å². The molecule has 0 heterocycles. The number of carbonyl (C=O) groups is 2. The minimum absolute atomic E-state index is 0. The molecule has 6 aliphatic carbocycles. The first-order valence-corrected chi connectivity index (χ1v) is 28.7. The second kappa shape index (κ2) is 23.6. The van der Waals surface area contributed by atoms with Gasteiger partial charge in [-0.3, -0.25) is 9.59 Å². The summed E-state index contributed by atoms with van der Waals surface area (Å²) in [6.07, 6.45) is 16.5. The average molecular weight is 1120 g/mol. The summed E-state index contributed by atoms with van der Waals surface area (Å²) in [7, 11) is 4.63. The van der Waals surface area contributed by atoms with Gasteiger partial charge in [0, 0.05) is 39.2 Å². The molecule has 2 N–H and O–H groups in total. The van der Waals surface area contributed by atoms with E-state index in [1.54, 1.807) is 44.6 Å². The van der Waals surface area contributed by atoms with E-state index < -0.39 is 5.97 Å². The first-order valence-electron chi connectivity index (χ1n) is 29.2. The third-order valence-electron chi connectivity index (χ3n) is 18.2. The van der Waals surface area contributed by atoms with Crippen LogP contribution in [0.1, 0.15) is 139 Å². The van der Waals surface area contributed by atoms with Crippen LogP contribution in [0, 0.1) is 34.3 Å². The summed E-state index contributed by atoms with van der Waals surface area (Å²) < 4.78 is 61.4. The van der Waals surface area contributed by atoms with Crippen LogP contribution >= 0.6 is 11.6 Å². The Morgan fingerprint density at radius 3 is 1.59 bits per heavy atom. The van der Waals surface area contributed by atoms with Crippen molar-refractivity contribution in [3.63, 3.8) is 0 Å². The predicted molar refractivity (Wildman–Crippen MR) is 320 cm³/mol. The van der Waals surface area contributed by atoms with Gasteiger partial charge in [0.2, 0.25) is 0 Å². The summed E-state index contributed by atoms with van der Waals surface area (Å²) in [6.45, 7) is 9.34. The molecule has 2 fully saturated rings. The van der Waals surface area contributed by atoms with Crippen molar-refractivity contribution in [1.29, 1.82) is 0 Å². The Labute approximate surface area is 486 Å². The molecule has 6 aromatic rings. The highest BCUT2D eigenvalue weighted by molar-refractivity contribution is 6.17. The molecular formula is C69H75BClF2O8. The summed E-state index contributed by atoms with van der Waals surface area (Å²) in [4.78, 5) is 23.4. The van der Waals surface area contributed by atoms with Crippen LogP contribution in [-0.4, -0.2) is 51.9 Å². The predicted octanol–water partition coefficient (Wildman–Crippen LogP) is 16.4. The standard InChI is InChI=1S/C34H35FO4.C21H22ClFO.C14H16O3.B.H2/c1-33(2)14-5-7-28(33)26-16-21(8-12-25(26)27-17-23(38-3)11-13-31(27)35)20-39-24-10-9-22-6-4-15-34(29(22)18-24)19-30(34)32(36)37;1-21(2)10-4-5-19(21)17-11-14(13-22)6-8-16(17)18-12-15(24-3)7-9-20(18)23;1-17-13(16)12-8-14(12)6-2-3-9-4-5-10(15)7-11(9)14;;/h7-13,16-18,30H,4-6,14-15,19-20H2,1-3H3,(H,36,37);5-9,11-12H,4,10,13H2,1-3H3;4-5,7,12,15H,2-3,6,8H2,1H3;;1H/t30-,34-;;12-,14-;;/m1.1../s1/i;;;;1+2T. The zero-order valence-electron chi connectivity index (χ0n) is 49.7. The number of hydrogen-bond donors (Lipinski definition) is 2. The molecule has 3 radical (unpaired) electrons. The topological polar surface area (TPSA) is 112 Å². The lowest BCUT2D eigenvalue weighted by molar-refractivity contribution is -0.143. The number of aryl methyl sites for hydroxylation is 2. The number of carbonyl (C=O) groups excluding carboxylic acids is 1. The van der Waals surface area contributed by atoms with Gasteiger partial charge in [-0.15, -0.1) is 11.6 Å². The minimum Gasteiger partial charge on any atom is -0.508 e. The molecule has 0 amide bonds. The largest absolute Gasteiger partial charge is 0.508 e. The highest BCUT2D eigenvalue weighted by Gasteiger charge is 2.62. The van der Waals surface area contributed by atoms with Crippen molar-refractivity contribution >= 4 is 43.1 Å². The van der Waals surface area contributed by atoms with Gasteiger partial charge in [-0.05, 0) is 227 Å². The first-order chi connectivity index (χ1) is 39.3. The molecule has 4 atom stereocenters. The van der Waals surface area contributed by atoms with Crippen molar-refractivity contribution in [2.24, 2.45) is 22.7 Å². The number of rotatable bonds is 12. The van der Waals surface area contributed by atoms with Crippen LogP contribution in [-0.2, 0) is 50.5 Å².